The third-order valence-electron chi connectivity index (χ3n) is 5.33. The molecular formula is C24H51BNO5PS. The quantitative estimate of drug-likeness (QED) is 0.0756. The third kappa shape index (κ3) is 23.7. The average Bonchev–Trinajstić information content (AvgIpc) is 2.77. The summed E-state index contributed by atoms with van der Waals surface area (Å²) in [7, 11) is 0.687. The van der Waals surface area contributed by atoms with E-state index in [0.717, 1.165) is 12.8 Å². The van der Waals surface area contributed by atoms with Gasteiger partial charge in [0.1, 0.15) is 0 Å². The molecular weight excluding hydrogens is 456 g/mol. The fraction of sp³-hybridized carbons (Fsp3) is 0.917. The van der Waals surface area contributed by atoms with Crippen molar-refractivity contribution in [1.29, 1.82) is 0 Å². The summed E-state index contributed by atoms with van der Waals surface area (Å²) in [5.41, 5.74) is 0. The van der Waals surface area contributed by atoms with Gasteiger partial charge in [-0.05, 0) is 25.0 Å². The first kappa shape index (κ1) is 33.2. The average molecular weight is 508 g/mol. The zero-order valence-electron chi connectivity index (χ0n) is 21.9. The predicted octanol–water partition coefficient (Wildman–Crippen LogP) is 6.04. The Morgan fingerprint density at radius 2 is 1.52 bits per heavy atom. The van der Waals surface area contributed by atoms with Gasteiger partial charge < -0.3 is 24.0 Å². The molecule has 0 aliphatic rings. The van der Waals surface area contributed by atoms with Crippen LogP contribution in [0.4, 0.5) is 0 Å². The normalized spacial score (nSPS) is 15.1. The second kappa shape index (κ2) is 22.6. The minimum Gasteiger partial charge on any atom is -0.427 e. The smallest absolute Gasteiger partial charge is 0.360 e. The Balaban J connectivity index is 3.63. The molecule has 0 aromatic carbocycles. The van der Waals surface area contributed by atoms with Gasteiger partial charge in [-0.25, -0.2) is 0 Å². The number of unbranched alkanes of at least 4 members (excludes halogenated alkanes) is 11. The van der Waals surface area contributed by atoms with E-state index in [1.165, 1.54) is 77.1 Å². The van der Waals surface area contributed by atoms with E-state index in [1.54, 1.807) is 13.2 Å². The molecule has 0 aliphatic carbocycles. The molecule has 0 rings (SSSR count). The summed E-state index contributed by atoms with van der Waals surface area (Å²) in [6.07, 6.45) is 18.6. The van der Waals surface area contributed by atoms with Gasteiger partial charge in [-0.2, -0.15) is 11.8 Å². The molecule has 0 bridgehead atoms. The maximum atomic E-state index is 11.3. The van der Waals surface area contributed by atoms with Gasteiger partial charge in [-0.15, -0.1) is 0 Å². The van der Waals surface area contributed by atoms with E-state index in [-0.39, 0.29) is 14.2 Å². The lowest BCUT2D eigenvalue weighted by atomic mass is 10.0. The van der Waals surface area contributed by atoms with Gasteiger partial charge in [0.15, 0.2) is 0 Å². The van der Waals surface area contributed by atoms with Crippen molar-refractivity contribution in [2.45, 2.75) is 115 Å². The maximum Gasteiger partial charge on any atom is 0.360 e. The van der Waals surface area contributed by atoms with Crippen molar-refractivity contribution in [2.75, 3.05) is 26.6 Å². The molecule has 9 heteroatoms. The molecule has 0 radical (unpaired) electrons. The Labute approximate surface area is 209 Å². The predicted molar refractivity (Wildman–Crippen MR) is 146 cm³/mol. The SMILES string of the molecule is COBN[C@@H](CO[PH](=O)OC)[C@H](O)/C=C/CCCCCCCCCCCCCSC(C)(C)C. The lowest BCUT2D eigenvalue weighted by molar-refractivity contribution is 0.136. The van der Waals surface area contributed by atoms with Gasteiger partial charge in [0.2, 0.25) is 0 Å². The Bertz CT molecular complexity index is 494. The number of nitrogens with one attached hydrogen (secondary N) is 1. The largest absolute Gasteiger partial charge is 0.427 e. The van der Waals surface area contributed by atoms with Crippen LogP contribution in [0.25, 0.3) is 0 Å². The molecule has 0 aliphatic heterocycles. The van der Waals surface area contributed by atoms with Gasteiger partial charge in [0.25, 0.3) is 0 Å². The summed E-state index contributed by atoms with van der Waals surface area (Å²) in [5, 5.41) is 13.4. The monoisotopic (exact) mass is 507 g/mol. The minimum absolute atomic E-state index is 0.0940. The lowest BCUT2D eigenvalue weighted by Crippen LogP contribution is -2.44. The summed E-state index contributed by atoms with van der Waals surface area (Å²) >= 11 is 2.08. The molecule has 0 aromatic heterocycles. The van der Waals surface area contributed by atoms with E-state index in [2.05, 4.69) is 42.3 Å². The van der Waals surface area contributed by atoms with Crippen molar-refractivity contribution in [3.05, 3.63) is 12.2 Å². The highest BCUT2D eigenvalue weighted by Crippen LogP contribution is 2.24. The first-order valence-electron chi connectivity index (χ1n) is 12.7. The van der Waals surface area contributed by atoms with Gasteiger partial charge in [0.05, 0.1) is 18.8 Å². The van der Waals surface area contributed by atoms with Crippen molar-refractivity contribution in [3.8, 4) is 0 Å². The zero-order valence-corrected chi connectivity index (χ0v) is 23.7. The highest BCUT2D eigenvalue weighted by molar-refractivity contribution is 8.00. The van der Waals surface area contributed by atoms with E-state index in [0.29, 0.717) is 4.75 Å². The van der Waals surface area contributed by atoms with Crippen LogP contribution < -0.4 is 5.23 Å². The standard InChI is InChI=1S/C24H51BNO5PS/c1-24(2,3)33-20-18-16-14-12-10-8-6-7-9-11-13-15-17-19-23(27)22(26-25-29-4)21-31-32(28)30-5/h17,19,22-23,25-27,32H,6-16,18,20-21H2,1-5H3/b19-17+/t22-,23+/m0/s1. The van der Waals surface area contributed by atoms with Crippen LogP contribution in [0.1, 0.15) is 97.8 Å². The number of hydrogen-bond acceptors (Lipinski definition) is 7. The van der Waals surface area contributed by atoms with Gasteiger partial charge in [0, 0.05) is 19.0 Å². The Kier molecular flexibility index (Phi) is 22.8. The van der Waals surface area contributed by atoms with Crippen LogP contribution in [0, 0.1) is 0 Å². The fourth-order valence-electron chi connectivity index (χ4n) is 3.39. The minimum atomic E-state index is -2.50. The van der Waals surface area contributed by atoms with Gasteiger partial charge in [-0.1, -0.05) is 90.7 Å². The molecule has 0 aromatic rings. The van der Waals surface area contributed by atoms with E-state index in [1.807, 2.05) is 6.08 Å². The second-order valence-corrected chi connectivity index (χ2v) is 12.7. The van der Waals surface area contributed by atoms with E-state index in [4.69, 9.17) is 9.18 Å². The van der Waals surface area contributed by atoms with Crippen molar-refractivity contribution in [3.63, 3.8) is 0 Å². The molecule has 2 N–H and O–H groups in total. The molecule has 0 saturated heterocycles. The molecule has 6 nitrogen and oxygen atoms in total. The van der Waals surface area contributed by atoms with Crippen molar-refractivity contribution < 1.29 is 23.4 Å². The zero-order chi connectivity index (χ0) is 24.8. The van der Waals surface area contributed by atoms with Gasteiger partial charge in [-0.3, -0.25) is 4.57 Å². The summed E-state index contributed by atoms with van der Waals surface area (Å²) in [6.45, 7) is 6.99. The van der Waals surface area contributed by atoms with Crippen molar-refractivity contribution >= 4 is 27.6 Å². The maximum absolute atomic E-state index is 11.3. The Morgan fingerprint density at radius 3 is 2.03 bits per heavy atom. The molecule has 0 fully saturated rings. The van der Waals surface area contributed by atoms with Crippen LogP contribution >= 0.6 is 20.0 Å². The van der Waals surface area contributed by atoms with Crippen LogP contribution in [-0.2, 0) is 18.3 Å². The van der Waals surface area contributed by atoms with Crippen LogP contribution in [0.3, 0.4) is 0 Å². The summed E-state index contributed by atoms with van der Waals surface area (Å²) in [4.78, 5) is 0. The number of thioether (sulfide) groups is 1. The molecule has 3 atom stereocenters. The Hall–Kier alpha value is 0.185. The topological polar surface area (TPSA) is 77.0 Å². The van der Waals surface area contributed by atoms with Gasteiger partial charge >= 0.3 is 15.9 Å². The van der Waals surface area contributed by atoms with E-state index < -0.39 is 20.4 Å². The summed E-state index contributed by atoms with van der Waals surface area (Å²) < 4.78 is 26.5. The number of rotatable bonds is 23. The highest BCUT2D eigenvalue weighted by Gasteiger charge is 2.18. The fourth-order valence-corrected chi connectivity index (χ4v) is 4.78. The lowest BCUT2D eigenvalue weighted by Gasteiger charge is -2.21. The van der Waals surface area contributed by atoms with Crippen molar-refractivity contribution in [1.82, 2.24) is 5.23 Å². The molecule has 0 saturated carbocycles. The summed E-state index contributed by atoms with van der Waals surface area (Å²) in [5.74, 6) is 1.30. The Morgan fingerprint density at radius 1 is 0.970 bits per heavy atom. The van der Waals surface area contributed by atoms with Crippen molar-refractivity contribution in [2.24, 2.45) is 0 Å². The number of allylic oxidation sites excluding steroid dienone is 1. The van der Waals surface area contributed by atoms with Crippen LogP contribution in [0.15, 0.2) is 12.2 Å². The molecule has 196 valence electrons. The third-order valence-corrected chi connectivity index (χ3v) is 7.43. The number of aliphatic hydroxyl groups excluding tert-OH is 1. The molecule has 1 unspecified atom stereocenters. The molecule has 0 heterocycles. The molecule has 0 spiro atoms. The first-order valence-corrected chi connectivity index (χ1v) is 14.9. The van der Waals surface area contributed by atoms with Crippen LogP contribution in [0.2, 0.25) is 0 Å². The highest BCUT2D eigenvalue weighted by atomic mass is 32.2. The second-order valence-electron chi connectivity index (χ2n) is 9.57. The van der Waals surface area contributed by atoms with E-state index in [9.17, 15) is 9.67 Å². The number of aliphatic hydroxyl groups is 1. The van der Waals surface area contributed by atoms with Crippen LogP contribution in [0.5, 0.6) is 0 Å². The first-order chi connectivity index (χ1) is 15.8. The van der Waals surface area contributed by atoms with Crippen LogP contribution in [-0.4, -0.2) is 56.2 Å². The molecule has 0 amide bonds. The molecule has 33 heavy (non-hydrogen) atoms. The number of hydrogen-bond donors (Lipinski definition) is 2. The van der Waals surface area contributed by atoms with E-state index >= 15 is 0 Å². The summed E-state index contributed by atoms with van der Waals surface area (Å²) in [6, 6.07) is -0.396.